The number of anilines is 1. The quantitative estimate of drug-likeness (QED) is 0.776. The van der Waals surface area contributed by atoms with Crippen LogP contribution in [0, 0.1) is 0 Å². The van der Waals surface area contributed by atoms with Crippen LogP contribution in [0.1, 0.15) is 30.4 Å². The molecule has 0 spiro atoms. The van der Waals surface area contributed by atoms with Crippen molar-refractivity contribution in [2.24, 2.45) is 0 Å². The fraction of sp³-hybridized carbons (Fsp3) is 0.318. The van der Waals surface area contributed by atoms with Gasteiger partial charge in [-0.1, -0.05) is 42.5 Å². The highest BCUT2D eigenvalue weighted by Gasteiger charge is 2.18. The zero-order valence-corrected chi connectivity index (χ0v) is 15.8. The molecule has 3 amide bonds. The van der Waals surface area contributed by atoms with E-state index in [0.29, 0.717) is 18.7 Å². The summed E-state index contributed by atoms with van der Waals surface area (Å²) < 4.78 is 0. The number of hydrogen-bond acceptors (Lipinski definition) is 3. The number of piperidine rings is 1. The van der Waals surface area contributed by atoms with Crippen LogP contribution in [0.25, 0.3) is 0 Å². The minimum atomic E-state index is -0.285. The molecule has 0 bridgehead atoms. The highest BCUT2D eigenvalue weighted by molar-refractivity contribution is 5.94. The van der Waals surface area contributed by atoms with Gasteiger partial charge in [-0.2, -0.15) is 0 Å². The molecule has 0 saturated carbocycles. The second kappa shape index (κ2) is 9.69. The SMILES string of the molecule is O=C(Cc1ccccc1)NCC(=O)Nc1cccc(CN2CCCCC2=O)c1. The van der Waals surface area contributed by atoms with Gasteiger partial charge in [-0.25, -0.2) is 0 Å². The number of carbonyl (C=O) groups excluding carboxylic acids is 3. The molecule has 1 aliphatic heterocycles. The fourth-order valence-corrected chi connectivity index (χ4v) is 3.22. The van der Waals surface area contributed by atoms with Crippen LogP contribution in [-0.2, 0) is 27.3 Å². The van der Waals surface area contributed by atoms with E-state index in [0.717, 1.165) is 30.5 Å². The lowest BCUT2D eigenvalue weighted by Gasteiger charge is -2.26. The molecule has 1 fully saturated rings. The number of carbonyl (C=O) groups is 3. The standard InChI is InChI=1S/C22H25N3O3/c26-20(14-17-7-2-1-3-8-17)23-15-21(27)24-19-10-6-9-18(13-19)16-25-12-5-4-11-22(25)28/h1-3,6-10,13H,4-5,11-12,14-16H2,(H,23,26)(H,24,27). The fourth-order valence-electron chi connectivity index (χ4n) is 3.22. The molecule has 1 aliphatic rings. The summed E-state index contributed by atoms with van der Waals surface area (Å²) in [5.41, 5.74) is 2.53. The number of nitrogens with one attached hydrogen (secondary N) is 2. The van der Waals surface area contributed by atoms with E-state index in [9.17, 15) is 14.4 Å². The van der Waals surface area contributed by atoms with Gasteiger partial charge in [0.2, 0.25) is 17.7 Å². The molecule has 28 heavy (non-hydrogen) atoms. The Hall–Kier alpha value is -3.15. The number of rotatable bonds is 7. The first-order chi connectivity index (χ1) is 13.6. The molecular formula is C22H25N3O3. The van der Waals surface area contributed by atoms with Gasteiger partial charge in [-0.15, -0.1) is 0 Å². The monoisotopic (exact) mass is 379 g/mol. The predicted octanol–water partition coefficient (Wildman–Crippen LogP) is 2.50. The van der Waals surface area contributed by atoms with Gasteiger partial charge in [-0.05, 0) is 36.1 Å². The molecule has 146 valence electrons. The second-order valence-corrected chi connectivity index (χ2v) is 6.96. The largest absolute Gasteiger partial charge is 0.347 e. The summed E-state index contributed by atoms with van der Waals surface area (Å²) in [5.74, 6) is -0.298. The summed E-state index contributed by atoms with van der Waals surface area (Å²) >= 11 is 0. The molecule has 0 aliphatic carbocycles. The lowest BCUT2D eigenvalue weighted by Crippen LogP contribution is -2.34. The molecule has 0 unspecified atom stereocenters. The van der Waals surface area contributed by atoms with Gasteiger partial charge in [0, 0.05) is 25.2 Å². The molecule has 6 heteroatoms. The van der Waals surface area contributed by atoms with Crippen molar-refractivity contribution >= 4 is 23.4 Å². The summed E-state index contributed by atoms with van der Waals surface area (Å²) in [7, 11) is 0. The van der Waals surface area contributed by atoms with Crippen LogP contribution in [0.4, 0.5) is 5.69 Å². The Bertz CT molecular complexity index is 836. The van der Waals surface area contributed by atoms with Crippen LogP contribution in [0.2, 0.25) is 0 Å². The summed E-state index contributed by atoms with van der Waals surface area (Å²) in [5, 5.41) is 5.43. The van der Waals surface area contributed by atoms with E-state index in [-0.39, 0.29) is 30.7 Å². The molecule has 1 heterocycles. The smallest absolute Gasteiger partial charge is 0.243 e. The van der Waals surface area contributed by atoms with Crippen LogP contribution >= 0.6 is 0 Å². The van der Waals surface area contributed by atoms with E-state index in [1.165, 1.54) is 0 Å². The van der Waals surface area contributed by atoms with Gasteiger partial charge < -0.3 is 15.5 Å². The van der Waals surface area contributed by atoms with E-state index in [1.54, 1.807) is 6.07 Å². The minimum absolute atomic E-state index is 0.0828. The van der Waals surface area contributed by atoms with Gasteiger partial charge in [0.25, 0.3) is 0 Å². The third-order valence-electron chi connectivity index (χ3n) is 4.66. The van der Waals surface area contributed by atoms with Gasteiger partial charge in [0.15, 0.2) is 0 Å². The maximum atomic E-state index is 12.1. The van der Waals surface area contributed by atoms with Gasteiger partial charge in [0.1, 0.15) is 0 Å². The molecule has 0 radical (unpaired) electrons. The number of likely N-dealkylation sites (tertiary alicyclic amines) is 1. The molecule has 0 aromatic heterocycles. The number of amides is 3. The Morgan fingerprint density at radius 1 is 0.929 bits per heavy atom. The average Bonchev–Trinajstić information content (AvgIpc) is 2.69. The van der Waals surface area contributed by atoms with E-state index >= 15 is 0 Å². The predicted molar refractivity (Wildman–Crippen MR) is 107 cm³/mol. The van der Waals surface area contributed by atoms with Crippen LogP contribution in [-0.4, -0.2) is 35.7 Å². The van der Waals surface area contributed by atoms with Crippen molar-refractivity contribution in [2.45, 2.75) is 32.2 Å². The molecule has 0 atom stereocenters. The maximum Gasteiger partial charge on any atom is 0.243 e. The van der Waals surface area contributed by atoms with E-state index in [2.05, 4.69) is 10.6 Å². The summed E-state index contributed by atoms with van der Waals surface area (Å²) in [6.45, 7) is 1.25. The van der Waals surface area contributed by atoms with Crippen LogP contribution in [0.3, 0.4) is 0 Å². The highest BCUT2D eigenvalue weighted by atomic mass is 16.2. The molecule has 6 nitrogen and oxygen atoms in total. The first kappa shape index (κ1) is 19.6. The van der Waals surface area contributed by atoms with E-state index < -0.39 is 0 Å². The molecule has 1 saturated heterocycles. The molecule has 2 aromatic rings. The Kier molecular flexibility index (Phi) is 6.78. The summed E-state index contributed by atoms with van der Waals surface area (Å²) in [6.07, 6.45) is 2.85. The third-order valence-corrected chi connectivity index (χ3v) is 4.66. The minimum Gasteiger partial charge on any atom is -0.347 e. The Morgan fingerprint density at radius 2 is 1.71 bits per heavy atom. The first-order valence-corrected chi connectivity index (χ1v) is 9.57. The van der Waals surface area contributed by atoms with Crippen molar-refractivity contribution in [2.75, 3.05) is 18.4 Å². The number of nitrogens with zero attached hydrogens (tertiary/aromatic N) is 1. The number of benzene rings is 2. The van der Waals surface area contributed by atoms with Gasteiger partial charge in [-0.3, -0.25) is 14.4 Å². The van der Waals surface area contributed by atoms with Crippen LogP contribution < -0.4 is 10.6 Å². The van der Waals surface area contributed by atoms with E-state index in [1.807, 2.05) is 53.4 Å². The van der Waals surface area contributed by atoms with Crippen molar-refractivity contribution in [1.82, 2.24) is 10.2 Å². The lowest BCUT2D eigenvalue weighted by molar-refractivity contribution is -0.133. The van der Waals surface area contributed by atoms with Crippen molar-refractivity contribution in [3.8, 4) is 0 Å². The Balaban J connectivity index is 1.47. The topological polar surface area (TPSA) is 78.5 Å². The van der Waals surface area contributed by atoms with Gasteiger partial charge >= 0.3 is 0 Å². The van der Waals surface area contributed by atoms with Crippen molar-refractivity contribution in [3.05, 3.63) is 65.7 Å². The summed E-state index contributed by atoms with van der Waals surface area (Å²) in [6, 6.07) is 16.9. The van der Waals surface area contributed by atoms with E-state index in [4.69, 9.17) is 0 Å². The molecular weight excluding hydrogens is 354 g/mol. The second-order valence-electron chi connectivity index (χ2n) is 6.96. The molecule has 2 aromatic carbocycles. The zero-order chi connectivity index (χ0) is 19.8. The Labute approximate surface area is 164 Å². The van der Waals surface area contributed by atoms with Crippen molar-refractivity contribution in [1.29, 1.82) is 0 Å². The highest BCUT2D eigenvalue weighted by Crippen LogP contribution is 2.17. The third kappa shape index (κ3) is 5.94. The van der Waals surface area contributed by atoms with Crippen molar-refractivity contribution in [3.63, 3.8) is 0 Å². The zero-order valence-electron chi connectivity index (χ0n) is 15.8. The van der Waals surface area contributed by atoms with Gasteiger partial charge in [0.05, 0.1) is 13.0 Å². The molecule has 3 rings (SSSR count). The summed E-state index contributed by atoms with van der Waals surface area (Å²) in [4.78, 5) is 37.9. The lowest BCUT2D eigenvalue weighted by atomic mass is 10.1. The number of hydrogen-bond donors (Lipinski definition) is 2. The average molecular weight is 379 g/mol. The Morgan fingerprint density at radius 3 is 2.50 bits per heavy atom. The van der Waals surface area contributed by atoms with Crippen molar-refractivity contribution < 1.29 is 14.4 Å². The molecule has 2 N–H and O–H groups in total. The first-order valence-electron chi connectivity index (χ1n) is 9.57. The van der Waals surface area contributed by atoms with Crippen LogP contribution in [0.5, 0.6) is 0 Å². The maximum absolute atomic E-state index is 12.1. The van der Waals surface area contributed by atoms with Crippen LogP contribution in [0.15, 0.2) is 54.6 Å². The normalized spacial score (nSPS) is 13.9.